The summed E-state index contributed by atoms with van der Waals surface area (Å²) in [6.45, 7) is 3.60. The molecule has 2 aromatic carbocycles. The molecule has 7 nitrogen and oxygen atoms in total. The maximum atomic E-state index is 14.7. The van der Waals surface area contributed by atoms with Crippen molar-refractivity contribution in [3.8, 4) is 28.2 Å². The number of rotatable bonds is 9. The fourth-order valence-electron chi connectivity index (χ4n) is 4.47. The van der Waals surface area contributed by atoms with Crippen molar-refractivity contribution in [1.29, 1.82) is 0 Å². The van der Waals surface area contributed by atoms with Crippen LogP contribution in [0.25, 0.3) is 16.4 Å². The maximum absolute atomic E-state index is 14.7. The molecule has 1 aliphatic carbocycles. The molecule has 4 aromatic rings. The molecule has 2 aromatic heterocycles. The lowest BCUT2D eigenvalue weighted by Gasteiger charge is -2.09. The number of nitrogens with zero attached hydrogens (tertiary/aromatic N) is 3. The minimum Gasteiger partial charge on any atom is -0.461 e. The normalized spacial score (nSPS) is 13.5. The van der Waals surface area contributed by atoms with Crippen molar-refractivity contribution < 1.29 is 22.5 Å². The van der Waals surface area contributed by atoms with Crippen LogP contribution >= 0.6 is 11.3 Å². The molecule has 1 unspecified atom stereocenters. The summed E-state index contributed by atoms with van der Waals surface area (Å²) < 4.78 is 47.8. The van der Waals surface area contributed by atoms with Crippen molar-refractivity contribution in [2.75, 3.05) is 6.61 Å². The number of benzene rings is 2. The van der Waals surface area contributed by atoms with Crippen LogP contribution in [0.15, 0.2) is 46.7 Å². The van der Waals surface area contributed by atoms with Crippen LogP contribution in [0.4, 0.5) is 8.78 Å². The summed E-state index contributed by atoms with van der Waals surface area (Å²) in [7, 11) is -2.32. The SMILES string of the molecule is CC#Cc1cc(-c2nn(-c3nc(C(=O)OCC)cs3)c(CC3CC3)c2Cc2ccc([SH+](N)=O)c(F)c2)ccc1F. The number of thiol groups is 1. The highest BCUT2D eigenvalue weighted by Gasteiger charge is 2.30. The molecule has 11 heteroatoms. The monoisotopic (exact) mass is 581 g/mol. The smallest absolute Gasteiger partial charge is 0.357 e. The third-order valence-electron chi connectivity index (χ3n) is 6.56. The van der Waals surface area contributed by atoms with E-state index in [0.29, 0.717) is 40.7 Å². The Morgan fingerprint density at radius 1 is 1.23 bits per heavy atom. The van der Waals surface area contributed by atoms with Gasteiger partial charge < -0.3 is 4.74 Å². The van der Waals surface area contributed by atoms with Gasteiger partial charge in [-0.1, -0.05) is 16.2 Å². The molecular weight excluding hydrogens is 554 g/mol. The Bertz CT molecular complexity index is 1680. The van der Waals surface area contributed by atoms with E-state index in [1.54, 1.807) is 42.1 Å². The zero-order valence-electron chi connectivity index (χ0n) is 21.9. The molecule has 0 spiro atoms. The van der Waals surface area contributed by atoms with Gasteiger partial charge in [-0.2, -0.15) is 5.10 Å². The molecular formula is C29H27F2N4O3S2+. The third kappa shape index (κ3) is 5.89. The lowest BCUT2D eigenvalue weighted by Crippen LogP contribution is -2.08. The van der Waals surface area contributed by atoms with Crippen LogP contribution in [0.2, 0.25) is 0 Å². The topological polar surface area (TPSA) is 100 Å². The number of carbonyl (C=O) groups excluding carboxylic acids is 1. The summed E-state index contributed by atoms with van der Waals surface area (Å²) in [5, 5.41) is 12.5. The molecule has 1 atom stereocenters. The van der Waals surface area contributed by atoms with Gasteiger partial charge in [-0.15, -0.1) is 22.4 Å². The maximum Gasteiger partial charge on any atom is 0.357 e. The number of hydrogen-bond acceptors (Lipinski definition) is 6. The van der Waals surface area contributed by atoms with Crippen LogP contribution in [-0.4, -0.2) is 27.3 Å². The zero-order valence-corrected chi connectivity index (χ0v) is 23.6. The largest absolute Gasteiger partial charge is 0.461 e. The Balaban J connectivity index is 1.68. The van der Waals surface area contributed by atoms with Gasteiger partial charge in [0.2, 0.25) is 10.0 Å². The third-order valence-corrected chi connectivity index (χ3v) is 8.21. The molecule has 5 rings (SSSR count). The van der Waals surface area contributed by atoms with Crippen molar-refractivity contribution >= 4 is 28.3 Å². The summed E-state index contributed by atoms with van der Waals surface area (Å²) in [5.74, 6) is 4.39. The van der Waals surface area contributed by atoms with Gasteiger partial charge in [-0.05, 0) is 74.9 Å². The quantitative estimate of drug-likeness (QED) is 0.125. The van der Waals surface area contributed by atoms with E-state index < -0.39 is 28.6 Å². The molecule has 0 bridgehead atoms. The van der Waals surface area contributed by atoms with Gasteiger partial charge in [0.25, 0.3) is 0 Å². The summed E-state index contributed by atoms with van der Waals surface area (Å²) in [6.07, 6.45) is 3.16. The second kappa shape index (κ2) is 11.8. The fourth-order valence-corrected chi connectivity index (χ4v) is 5.74. The number of carbonyl (C=O) groups is 1. The fraction of sp³-hybridized carbons (Fsp3) is 0.276. The molecule has 0 radical (unpaired) electrons. The van der Waals surface area contributed by atoms with Crippen molar-refractivity contribution in [2.45, 2.75) is 44.4 Å². The molecule has 2 N–H and O–H groups in total. The van der Waals surface area contributed by atoms with Crippen molar-refractivity contribution in [3.05, 3.63) is 81.5 Å². The van der Waals surface area contributed by atoms with Gasteiger partial charge in [0.05, 0.1) is 23.6 Å². The van der Waals surface area contributed by atoms with Crippen LogP contribution in [-0.2, 0) is 32.8 Å². The molecule has 1 saturated carbocycles. The number of thiazole rings is 1. The van der Waals surface area contributed by atoms with E-state index in [2.05, 4.69) is 16.8 Å². The molecule has 0 amide bonds. The molecule has 1 aliphatic rings. The van der Waals surface area contributed by atoms with E-state index in [1.165, 1.54) is 29.5 Å². The standard InChI is InChI=1S/C29H26F2N4O3S2/c1-3-5-19-15-20(9-10-22(19)30)27-21(12-18-8-11-26(40(32)37)23(31)13-18)25(14-17-6-7-17)35(34-27)29-33-24(16-39-29)28(36)38-4-2/h8-11,13,15-17H,4,6-7,12,14H2,1-2H3,(H2,32,37)/p+1. The second-order valence-corrected chi connectivity index (χ2v) is 11.4. The minimum absolute atomic E-state index is 0.0385. The van der Waals surface area contributed by atoms with Crippen molar-refractivity contribution in [2.24, 2.45) is 11.1 Å². The highest BCUT2D eigenvalue weighted by Crippen LogP contribution is 2.38. The van der Waals surface area contributed by atoms with E-state index in [1.807, 2.05) is 0 Å². The first kappa shape index (κ1) is 27.8. The second-order valence-electron chi connectivity index (χ2n) is 9.43. The van der Waals surface area contributed by atoms with Crippen LogP contribution in [0.1, 0.15) is 59.6 Å². The summed E-state index contributed by atoms with van der Waals surface area (Å²) >= 11 is 1.26. The summed E-state index contributed by atoms with van der Waals surface area (Å²) in [6, 6.07) is 9.11. The average Bonchev–Trinajstić information content (AvgIpc) is 3.48. The van der Waals surface area contributed by atoms with Crippen LogP contribution < -0.4 is 5.14 Å². The minimum atomic E-state index is -2.32. The predicted octanol–water partition coefficient (Wildman–Crippen LogP) is 5.29. The Kier molecular flexibility index (Phi) is 8.21. The number of halogens is 2. The van der Waals surface area contributed by atoms with Crippen LogP contribution in [0.5, 0.6) is 0 Å². The first-order valence-corrected chi connectivity index (χ1v) is 15.0. The zero-order chi connectivity index (χ0) is 28.4. The first-order chi connectivity index (χ1) is 19.3. The highest BCUT2D eigenvalue weighted by molar-refractivity contribution is 7.82. The van der Waals surface area contributed by atoms with Gasteiger partial charge in [-0.25, -0.2) is 23.2 Å². The number of aromatic nitrogens is 3. The first-order valence-electron chi connectivity index (χ1n) is 12.8. The number of hydrogen-bond donors (Lipinski definition) is 1. The van der Waals surface area contributed by atoms with E-state index in [0.717, 1.165) is 24.1 Å². The molecule has 0 saturated heterocycles. The molecule has 1 fully saturated rings. The summed E-state index contributed by atoms with van der Waals surface area (Å²) in [4.78, 5) is 16.8. The molecule has 0 aliphatic heterocycles. The van der Waals surface area contributed by atoms with E-state index in [9.17, 15) is 17.8 Å². The Labute approximate surface area is 237 Å². The lowest BCUT2D eigenvalue weighted by molar-refractivity contribution is 0.0520. The van der Waals surface area contributed by atoms with Crippen molar-refractivity contribution in [3.63, 3.8) is 0 Å². The van der Waals surface area contributed by atoms with Gasteiger partial charge in [0.15, 0.2) is 22.5 Å². The van der Waals surface area contributed by atoms with Crippen molar-refractivity contribution in [1.82, 2.24) is 14.8 Å². The van der Waals surface area contributed by atoms with Gasteiger partial charge >= 0.3 is 5.97 Å². The van der Waals surface area contributed by atoms with E-state index in [-0.39, 0.29) is 22.8 Å². The Morgan fingerprint density at radius 3 is 2.70 bits per heavy atom. The summed E-state index contributed by atoms with van der Waals surface area (Å²) in [5.41, 5.74) is 4.00. The number of nitrogens with two attached hydrogens (primary N) is 1. The Hall–Kier alpha value is -3.72. The number of esters is 1. The van der Waals surface area contributed by atoms with Gasteiger partial charge in [0.1, 0.15) is 5.82 Å². The molecule has 206 valence electrons. The van der Waals surface area contributed by atoms with E-state index >= 15 is 0 Å². The molecule has 40 heavy (non-hydrogen) atoms. The average molecular weight is 582 g/mol. The lowest BCUT2D eigenvalue weighted by atomic mass is 9.96. The van der Waals surface area contributed by atoms with Crippen LogP contribution in [0.3, 0.4) is 0 Å². The van der Waals surface area contributed by atoms with Gasteiger partial charge in [-0.3, -0.25) is 0 Å². The van der Waals surface area contributed by atoms with E-state index in [4.69, 9.17) is 15.0 Å². The van der Waals surface area contributed by atoms with Gasteiger partial charge in [0, 0.05) is 22.9 Å². The highest BCUT2D eigenvalue weighted by atomic mass is 32.2. The number of ether oxygens (including phenoxy) is 1. The van der Waals surface area contributed by atoms with Crippen LogP contribution in [0, 0.1) is 29.4 Å². The predicted molar refractivity (Wildman–Crippen MR) is 151 cm³/mol. The molecule has 2 heterocycles. The Morgan fingerprint density at radius 2 is 2.02 bits per heavy atom.